The van der Waals surface area contributed by atoms with Gasteiger partial charge in [0.15, 0.2) is 0 Å². The summed E-state index contributed by atoms with van der Waals surface area (Å²) in [5.74, 6) is -0.0641. The van der Waals surface area contributed by atoms with Crippen molar-refractivity contribution < 1.29 is 9.53 Å². The summed E-state index contributed by atoms with van der Waals surface area (Å²) in [6.07, 6.45) is 3.61. The Morgan fingerprint density at radius 3 is 2.67 bits per heavy atom. The lowest BCUT2D eigenvalue weighted by atomic mass is 9.54. The fraction of sp³-hybridized carbons (Fsp3) is 0.550. The van der Waals surface area contributed by atoms with Gasteiger partial charge in [0, 0.05) is 43.2 Å². The summed E-state index contributed by atoms with van der Waals surface area (Å²) in [5, 5.41) is 4.26. The predicted octanol–water partition coefficient (Wildman–Crippen LogP) is 3.52. The molecular weight excluding hydrogens is 385 g/mol. The minimum Gasteiger partial charge on any atom is -0.378 e. The zero-order chi connectivity index (χ0) is 18.1. The summed E-state index contributed by atoms with van der Waals surface area (Å²) >= 11 is 0. The molecule has 3 rings (SSSR count). The van der Waals surface area contributed by atoms with E-state index in [0.717, 1.165) is 13.0 Å². The number of rotatable bonds is 7. The second-order valence-corrected chi connectivity index (χ2v) is 7.52. The Hall–Kier alpha value is -1.27. The maximum absolute atomic E-state index is 12.6. The van der Waals surface area contributed by atoms with Crippen molar-refractivity contribution in [3.05, 3.63) is 36.5 Å². The van der Waals surface area contributed by atoms with Gasteiger partial charge < -0.3 is 20.4 Å². The minimum absolute atomic E-state index is 0. The highest BCUT2D eigenvalue weighted by atomic mass is 35.5. The number of nitrogens with two attached hydrogens (primary N) is 1. The van der Waals surface area contributed by atoms with Gasteiger partial charge >= 0.3 is 0 Å². The number of ether oxygens (including phenoxy) is 1. The topological polar surface area (TPSA) is 69.3 Å². The van der Waals surface area contributed by atoms with Gasteiger partial charge in [0.25, 0.3) is 0 Å². The molecule has 0 radical (unpaired) electrons. The lowest BCUT2D eigenvalue weighted by molar-refractivity contribution is -0.170. The summed E-state index contributed by atoms with van der Waals surface area (Å²) in [6.45, 7) is 8.15. The lowest BCUT2D eigenvalue weighted by Gasteiger charge is -2.57. The van der Waals surface area contributed by atoms with Crippen LogP contribution in [0.1, 0.15) is 33.6 Å². The summed E-state index contributed by atoms with van der Waals surface area (Å²) in [5.41, 5.74) is 6.44. The molecule has 152 valence electrons. The predicted molar refractivity (Wildman–Crippen MR) is 115 cm³/mol. The molecule has 1 fully saturated rings. The molecule has 0 aliphatic heterocycles. The lowest BCUT2D eigenvalue weighted by Crippen LogP contribution is -2.75. The number of nitrogens with zero attached hydrogens (tertiary/aromatic N) is 1. The van der Waals surface area contributed by atoms with Gasteiger partial charge in [0.1, 0.15) is 5.54 Å². The number of carbonyl (C=O) groups excluding carboxylic acids is 1. The van der Waals surface area contributed by atoms with Gasteiger partial charge in [-0.25, -0.2) is 0 Å². The Labute approximate surface area is 173 Å². The van der Waals surface area contributed by atoms with Crippen LogP contribution in [0.25, 0.3) is 10.9 Å². The molecule has 1 aliphatic rings. The monoisotopic (exact) mass is 415 g/mol. The van der Waals surface area contributed by atoms with Crippen molar-refractivity contribution in [2.75, 3.05) is 13.2 Å². The number of para-hydroxylation sites is 1. The fourth-order valence-corrected chi connectivity index (χ4v) is 3.77. The first kappa shape index (κ1) is 23.8. The standard InChI is InChI=1S/C20H29N3O2.2ClH/c1-4-25-17-14-20(21,19(17,2)3)18(24)22-11-7-12-23-13-10-15-8-5-6-9-16(15)23;;/h5-6,8-10,13,17H,4,7,11-12,14,21H2,1-3H3,(H,22,24);2*1H. The van der Waals surface area contributed by atoms with Gasteiger partial charge in [-0.1, -0.05) is 32.0 Å². The second kappa shape index (κ2) is 9.28. The largest absolute Gasteiger partial charge is 0.378 e. The average Bonchev–Trinajstić information content (AvgIpc) is 3.01. The van der Waals surface area contributed by atoms with E-state index in [4.69, 9.17) is 10.5 Å². The van der Waals surface area contributed by atoms with Crippen LogP contribution in [-0.4, -0.2) is 35.3 Å². The van der Waals surface area contributed by atoms with Crippen LogP contribution in [0.2, 0.25) is 0 Å². The van der Waals surface area contributed by atoms with Crippen LogP contribution in [0.4, 0.5) is 0 Å². The van der Waals surface area contributed by atoms with E-state index >= 15 is 0 Å². The molecule has 5 nitrogen and oxygen atoms in total. The Morgan fingerprint density at radius 1 is 1.30 bits per heavy atom. The number of benzene rings is 1. The number of amides is 1. The van der Waals surface area contributed by atoms with Crippen molar-refractivity contribution in [3.63, 3.8) is 0 Å². The Kier molecular flexibility index (Phi) is 8.17. The van der Waals surface area contributed by atoms with E-state index in [0.29, 0.717) is 19.6 Å². The van der Waals surface area contributed by atoms with Crippen LogP contribution in [0.15, 0.2) is 36.5 Å². The average molecular weight is 416 g/mol. The number of hydrogen-bond acceptors (Lipinski definition) is 3. The van der Waals surface area contributed by atoms with Crippen molar-refractivity contribution in [1.82, 2.24) is 9.88 Å². The number of halogens is 2. The molecule has 0 saturated heterocycles. The fourth-order valence-electron chi connectivity index (χ4n) is 3.77. The van der Waals surface area contributed by atoms with Crippen LogP contribution < -0.4 is 11.1 Å². The van der Waals surface area contributed by atoms with Gasteiger partial charge in [-0.15, -0.1) is 24.8 Å². The van der Waals surface area contributed by atoms with Crippen molar-refractivity contribution in [3.8, 4) is 0 Å². The molecule has 27 heavy (non-hydrogen) atoms. The minimum atomic E-state index is -0.840. The van der Waals surface area contributed by atoms with Crippen LogP contribution >= 0.6 is 24.8 Å². The molecule has 1 heterocycles. The molecule has 1 aromatic heterocycles. The normalized spacial score (nSPS) is 23.0. The van der Waals surface area contributed by atoms with Gasteiger partial charge in [-0.2, -0.15) is 0 Å². The van der Waals surface area contributed by atoms with Crippen LogP contribution in [0.3, 0.4) is 0 Å². The third-order valence-electron chi connectivity index (χ3n) is 5.78. The van der Waals surface area contributed by atoms with Crippen molar-refractivity contribution >= 4 is 41.6 Å². The summed E-state index contributed by atoms with van der Waals surface area (Å²) in [6, 6.07) is 10.4. The van der Waals surface area contributed by atoms with Gasteiger partial charge in [0.05, 0.1) is 6.10 Å². The van der Waals surface area contributed by atoms with Crippen molar-refractivity contribution in [2.45, 2.75) is 51.8 Å². The third kappa shape index (κ3) is 4.27. The van der Waals surface area contributed by atoms with E-state index < -0.39 is 5.54 Å². The Morgan fingerprint density at radius 2 is 2.00 bits per heavy atom. The van der Waals surface area contributed by atoms with Crippen LogP contribution in [-0.2, 0) is 16.1 Å². The van der Waals surface area contributed by atoms with Gasteiger partial charge in [0.2, 0.25) is 5.91 Å². The van der Waals surface area contributed by atoms with E-state index in [-0.39, 0.29) is 42.2 Å². The summed E-state index contributed by atoms with van der Waals surface area (Å²) in [4.78, 5) is 12.6. The van der Waals surface area contributed by atoms with E-state index in [1.54, 1.807) is 0 Å². The zero-order valence-corrected chi connectivity index (χ0v) is 17.9. The maximum Gasteiger partial charge on any atom is 0.240 e. The number of aryl methyl sites for hydroxylation is 1. The van der Waals surface area contributed by atoms with Crippen LogP contribution in [0, 0.1) is 5.41 Å². The molecule has 1 aromatic carbocycles. The van der Waals surface area contributed by atoms with Crippen molar-refractivity contribution in [2.24, 2.45) is 11.1 Å². The molecule has 7 heteroatoms. The number of fused-ring (bicyclic) bond motifs is 1. The van der Waals surface area contributed by atoms with Crippen LogP contribution in [0.5, 0.6) is 0 Å². The highest BCUT2D eigenvalue weighted by Crippen LogP contribution is 2.49. The molecule has 2 atom stereocenters. The van der Waals surface area contributed by atoms with E-state index in [1.165, 1.54) is 10.9 Å². The number of aromatic nitrogens is 1. The SMILES string of the molecule is CCOC1CC(N)(C(=O)NCCCn2ccc3ccccc32)C1(C)C.Cl.Cl. The molecule has 0 spiro atoms. The highest BCUT2D eigenvalue weighted by molar-refractivity contribution is 5.88. The number of carbonyl (C=O) groups is 1. The van der Waals surface area contributed by atoms with Gasteiger partial charge in [-0.3, -0.25) is 4.79 Å². The first-order valence-corrected chi connectivity index (χ1v) is 9.13. The molecule has 3 N–H and O–H groups in total. The first-order valence-electron chi connectivity index (χ1n) is 9.13. The maximum atomic E-state index is 12.6. The zero-order valence-electron chi connectivity index (χ0n) is 16.2. The first-order chi connectivity index (χ1) is 11.9. The Bertz CT molecular complexity index is 763. The molecule has 1 aliphatic carbocycles. The smallest absolute Gasteiger partial charge is 0.240 e. The molecular formula is C20H31Cl2N3O2. The number of hydrogen-bond donors (Lipinski definition) is 2. The second-order valence-electron chi connectivity index (χ2n) is 7.52. The number of nitrogens with one attached hydrogen (secondary N) is 1. The third-order valence-corrected chi connectivity index (χ3v) is 5.78. The van der Waals surface area contributed by atoms with Gasteiger partial charge in [-0.05, 0) is 30.9 Å². The summed E-state index contributed by atoms with van der Waals surface area (Å²) < 4.78 is 7.91. The van der Waals surface area contributed by atoms with E-state index in [1.807, 2.05) is 32.9 Å². The Balaban J connectivity index is 0.00000182. The molecule has 2 unspecified atom stereocenters. The highest BCUT2D eigenvalue weighted by Gasteiger charge is 2.62. The quantitative estimate of drug-likeness (QED) is 0.679. The van der Waals surface area contributed by atoms with Crippen molar-refractivity contribution in [1.29, 1.82) is 0 Å². The molecule has 2 aromatic rings. The molecule has 0 bridgehead atoms. The molecule has 1 amide bonds. The van der Waals surface area contributed by atoms with E-state index in [9.17, 15) is 4.79 Å². The van der Waals surface area contributed by atoms with E-state index in [2.05, 4.69) is 34.3 Å². The molecule has 1 saturated carbocycles. The summed E-state index contributed by atoms with van der Waals surface area (Å²) in [7, 11) is 0.